The highest BCUT2D eigenvalue weighted by molar-refractivity contribution is 5.85. The molecule has 0 unspecified atom stereocenters. The molecule has 0 saturated heterocycles. The zero-order valence-corrected chi connectivity index (χ0v) is 11.7. The highest BCUT2D eigenvalue weighted by Gasteiger charge is 2.15. The molecular formula is C14H12N6O2. The van der Waals surface area contributed by atoms with Crippen LogP contribution in [0.3, 0.4) is 0 Å². The lowest BCUT2D eigenvalue weighted by Crippen LogP contribution is -2.08. The monoisotopic (exact) mass is 296 g/mol. The van der Waals surface area contributed by atoms with E-state index in [2.05, 4.69) is 25.0 Å². The smallest absolute Gasteiger partial charge is 0.226 e. The van der Waals surface area contributed by atoms with Crippen LogP contribution in [0, 0.1) is 6.92 Å². The zero-order valence-electron chi connectivity index (χ0n) is 11.7. The first-order chi connectivity index (χ1) is 10.7. The van der Waals surface area contributed by atoms with Crippen molar-refractivity contribution >= 4 is 16.9 Å². The van der Waals surface area contributed by atoms with Gasteiger partial charge in [0.1, 0.15) is 5.69 Å². The van der Waals surface area contributed by atoms with E-state index >= 15 is 0 Å². The number of furan rings is 1. The van der Waals surface area contributed by atoms with Crippen LogP contribution in [-0.2, 0) is 6.54 Å². The Kier molecular flexibility index (Phi) is 2.68. The molecule has 8 nitrogen and oxygen atoms in total. The van der Waals surface area contributed by atoms with Crippen molar-refractivity contribution in [2.75, 3.05) is 5.73 Å². The van der Waals surface area contributed by atoms with Crippen LogP contribution in [0.2, 0.25) is 0 Å². The van der Waals surface area contributed by atoms with Gasteiger partial charge in [-0.15, -0.1) is 0 Å². The molecule has 4 aromatic rings. The molecule has 0 atom stereocenters. The minimum Gasteiger partial charge on any atom is -0.463 e. The average Bonchev–Trinajstić information content (AvgIpc) is 3.23. The second kappa shape index (κ2) is 4.69. The van der Waals surface area contributed by atoms with Crippen LogP contribution < -0.4 is 5.73 Å². The van der Waals surface area contributed by atoms with Crippen LogP contribution in [-0.4, -0.2) is 25.1 Å². The van der Waals surface area contributed by atoms with Crippen LogP contribution >= 0.6 is 0 Å². The summed E-state index contributed by atoms with van der Waals surface area (Å²) < 4.78 is 11.8. The van der Waals surface area contributed by atoms with E-state index in [1.54, 1.807) is 10.9 Å². The first-order valence-corrected chi connectivity index (χ1v) is 6.67. The van der Waals surface area contributed by atoms with Crippen LogP contribution in [0.15, 0.2) is 39.7 Å². The molecule has 110 valence electrons. The summed E-state index contributed by atoms with van der Waals surface area (Å²) in [5.41, 5.74) is 9.93. The van der Waals surface area contributed by atoms with Gasteiger partial charge in [-0.1, -0.05) is 0 Å². The van der Waals surface area contributed by atoms with Crippen LogP contribution in [0.5, 0.6) is 0 Å². The maximum Gasteiger partial charge on any atom is 0.226 e. The van der Waals surface area contributed by atoms with Crippen molar-refractivity contribution < 1.29 is 9.05 Å². The predicted octanol–water partition coefficient (Wildman–Crippen LogP) is 2.01. The number of nitrogen functional groups attached to an aromatic ring is 1. The van der Waals surface area contributed by atoms with Crippen molar-refractivity contribution in [3.8, 4) is 11.5 Å². The summed E-state index contributed by atoms with van der Waals surface area (Å²) in [6.07, 6.45) is 3.48. The molecule has 4 aromatic heterocycles. The highest BCUT2D eigenvalue weighted by Crippen LogP contribution is 2.24. The Morgan fingerprint density at radius 2 is 2.18 bits per heavy atom. The summed E-state index contributed by atoms with van der Waals surface area (Å²) in [7, 11) is 0. The fraction of sp³-hybridized carbons (Fsp3) is 0.143. The predicted molar refractivity (Wildman–Crippen MR) is 77.8 cm³/mol. The van der Waals surface area contributed by atoms with E-state index < -0.39 is 0 Å². The van der Waals surface area contributed by atoms with E-state index in [0.29, 0.717) is 23.4 Å². The van der Waals surface area contributed by atoms with Gasteiger partial charge in [-0.2, -0.15) is 5.10 Å². The molecule has 0 aliphatic heterocycles. The van der Waals surface area contributed by atoms with Crippen molar-refractivity contribution in [2.24, 2.45) is 0 Å². The topological polar surface area (TPSA) is 109 Å². The third-order valence-corrected chi connectivity index (χ3v) is 3.50. The average molecular weight is 296 g/mol. The van der Waals surface area contributed by atoms with Gasteiger partial charge in [-0.25, -0.2) is 9.61 Å². The molecule has 0 aliphatic rings. The Labute approximate surface area is 124 Å². The van der Waals surface area contributed by atoms with Gasteiger partial charge in [0, 0.05) is 17.5 Å². The Bertz CT molecular complexity index is 938. The number of aromatic nitrogens is 5. The van der Waals surface area contributed by atoms with Crippen LogP contribution in [0.25, 0.3) is 22.6 Å². The highest BCUT2D eigenvalue weighted by atomic mass is 16.6. The number of anilines is 1. The SMILES string of the molecule is Cc1nc2nonc2c(N)c1Cn1ccc(-c2ccco2)n1. The van der Waals surface area contributed by atoms with Crippen molar-refractivity contribution in [2.45, 2.75) is 13.5 Å². The van der Waals surface area contributed by atoms with Gasteiger partial charge in [0.25, 0.3) is 0 Å². The van der Waals surface area contributed by atoms with Crippen molar-refractivity contribution in [3.05, 3.63) is 41.9 Å². The van der Waals surface area contributed by atoms with Gasteiger partial charge in [-0.05, 0) is 35.4 Å². The minimum absolute atomic E-state index is 0.412. The number of pyridine rings is 1. The molecule has 0 bridgehead atoms. The molecule has 22 heavy (non-hydrogen) atoms. The van der Waals surface area contributed by atoms with E-state index in [1.165, 1.54) is 0 Å². The Morgan fingerprint density at radius 1 is 1.27 bits per heavy atom. The van der Waals surface area contributed by atoms with Crippen molar-refractivity contribution in [3.63, 3.8) is 0 Å². The van der Waals surface area contributed by atoms with Crippen LogP contribution in [0.4, 0.5) is 5.69 Å². The first kappa shape index (κ1) is 12.6. The van der Waals surface area contributed by atoms with E-state index in [1.807, 2.05) is 31.3 Å². The fourth-order valence-electron chi connectivity index (χ4n) is 2.36. The zero-order chi connectivity index (χ0) is 15.1. The second-order valence-electron chi connectivity index (χ2n) is 4.90. The summed E-state index contributed by atoms with van der Waals surface area (Å²) >= 11 is 0. The molecule has 0 aliphatic carbocycles. The first-order valence-electron chi connectivity index (χ1n) is 6.67. The minimum atomic E-state index is 0.412. The molecule has 4 heterocycles. The van der Waals surface area contributed by atoms with Crippen molar-refractivity contribution in [1.29, 1.82) is 0 Å². The largest absolute Gasteiger partial charge is 0.463 e. The molecule has 4 rings (SSSR count). The number of hydrogen-bond donors (Lipinski definition) is 1. The lowest BCUT2D eigenvalue weighted by atomic mass is 10.1. The fourth-order valence-corrected chi connectivity index (χ4v) is 2.36. The number of rotatable bonds is 3. The maximum atomic E-state index is 6.15. The third-order valence-electron chi connectivity index (χ3n) is 3.50. The molecule has 0 radical (unpaired) electrons. The third kappa shape index (κ3) is 1.93. The summed E-state index contributed by atoms with van der Waals surface area (Å²) in [5, 5.41) is 12.0. The lowest BCUT2D eigenvalue weighted by Gasteiger charge is -2.08. The van der Waals surface area contributed by atoms with Gasteiger partial charge < -0.3 is 10.2 Å². The molecule has 2 N–H and O–H groups in total. The summed E-state index contributed by atoms with van der Waals surface area (Å²) in [6.45, 7) is 2.35. The Morgan fingerprint density at radius 3 is 3.00 bits per heavy atom. The van der Waals surface area contributed by atoms with Crippen LogP contribution in [0.1, 0.15) is 11.3 Å². The van der Waals surface area contributed by atoms with Gasteiger partial charge >= 0.3 is 0 Å². The van der Waals surface area contributed by atoms with Gasteiger partial charge in [0.2, 0.25) is 5.65 Å². The number of fused-ring (bicyclic) bond motifs is 1. The summed E-state index contributed by atoms with van der Waals surface area (Å²) in [6, 6.07) is 5.57. The molecule has 0 amide bonds. The van der Waals surface area contributed by atoms with E-state index in [0.717, 1.165) is 22.7 Å². The van der Waals surface area contributed by atoms with Gasteiger partial charge in [0.15, 0.2) is 11.3 Å². The quantitative estimate of drug-likeness (QED) is 0.615. The molecule has 0 fully saturated rings. The van der Waals surface area contributed by atoms with E-state index in [9.17, 15) is 0 Å². The number of nitrogens with two attached hydrogens (primary N) is 1. The Hall–Kier alpha value is -3.16. The molecule has 8 heteroatoms. The molecule has 0 aromatic carbocycles. The molecule has 0 spiro atoms. The number of aryl methyl sites for hydroxylation is 1. The van der Waals surface area contributed by atoms with Gasteiger partial charge in [-0.3, -0.25) is 4.68 Å². The van der Waals surface area contributed by atoms with E-state index in [-0.39, 0.29) is 0 Å². The number of hydrogen-bond acceptors (Lipinski definition) is 7. The van der Waals surface area contributed by atoms with E-state index in [4.69, 9.17) is 10.2 Å². The summed E-state index contributed by atoms with van der Waals surface area (Å²) in [4.78, 5) is 4.34. The molecule has 0 saturated carbocycles. The Balaban J connectivity index is 1.72. The standard InChI is InChI=1S/C14H12N6O2/c1-8-9(12(15)13-14(16-8)19-22-18-13)7-20-5-4-10(17-20)11-3-2-6-21-11/h2-6H,7,15H2,1H3. The molecular weight excluding hydrogens is 284 g/mol. The maximum absolute atomic E-state index is 6.15. The number of nitrogens with zero attached hydrogens (tertiary/aromatic N) is 5. The second-order valence-corrected chi connectivity index (χ2v) is 4.90. The normalized spacial score (nSPS) is 11.3. The van der Waals surface area contributed by atoms with Crippen molar-refractivity contribution in [1.82, 2.24) is 25.1 Å². The lowest BCUT2D eigenvalue weighted by molar-refractivity contribution is 0.315. The summed E-state index contributed by atoms with van der Waals surface area (Å²) in [5.74, 6) is 0.720. The van der Waals surface area contributed by atoms with Gasteiger partial charge in [0.05, 0.1) is 18.5 Å².